The molecule has 3 heterocycles. The molecule has 0 radical (unpaired) electrons. The van der Waals surface area contributed by atoms with Crippen molar-refractivity contribution in [3.05, 3.63) is 35.2 Å². The van der Waals surface area contributed by atoms with E-state index in [0.717, 1.165) is 71.4 Å². The summed E-state index contributed by atoms with van der Waals surface area (Å²) in [5, 5.41) is 10.8. The Morgan fingerprint density at radius 3 is 2.62 bits per heavy atom. The van der Waals surface area contributed by atoms with Crippen molar-refractivity contribution in [2.75, 3.05) is 50.7 Å². The van der Waals surface area contributed by atoms with E-state index in [1.165, 1.54) is 6.07 Å². The van der Waals surface area contributed by atoms with E-state index < -0.39 is 5.82 Å². The first kappa shape index (κ1) is 25.1. The van der Waals surface area contributed by atoms with Gasteiger partial charge >= 0.3 is 0 Å². The van der Waals surface area contributed by atoms with E-state index in [-0.39, 0.29) is 5.69 Å². The number of nitrogens with zero attached hydrogens (tertiary/aromatic N) is 2. The Bertz CT molecular complexity index is 920. The van der Waals surface area contributed by atoms with Crippen molar-refractivity contribution in [3.63, 3.8) is 0 Å². The molecule has 0 unspecified atom stereocenters. The van der Waals surface area contributed by atoms with Gasteiger partial charge in [-0.25, -0.2) is 14.4 Å². The Balaban J connectivity index is 1.39. The van der Waals surface area contributed by atoms with Crippen molar-refractivity contribution in [1.29, 1.82) is 0 Å². The van der Waals surface area contributed by atoms with Crippen molar-refractivity contribution < 1.29 is 13.9 Å². The molecule has 9 heteroatoms. The molecule has 186 valence electrons. The summed E-state index contributed by atoms with van der Waals surface area (Å²) in [6.07, 6.45) is 7.90. The van der Waals surface area contributed by atoms with Crippen LogP contribution in [0.15, 0.2) is 24.4 Å². The zero-order valence-corrected chi connectivity index (χ0v) is 20.5. The minimum Gasteiger partial charge on any atom is -0.383 e. The van der Waals surface area contributed by atoms with Gasteiger partial charge in [-0.15, -0.1) is 0 Å². The van der Waals surface area contributed by atoms with Gasteiger partial charge in [0.1, 0.15) is 23.1 Å². The van der Waals surface area contributed by atoms with Gasteiger partial charge in [-0.2, -0.15) is 0 Å². The lowest BCUT2D eigenvalue weighted by atomic mass is 9.91. The van der Waals surface area contributed by atoms with E-state index in [1.807, 2.05) is 0 Å². The van der Waals surface area contributed by atoms with Gasteiger partial charge in [0.2, 0.25) is 0 Å². The normalized spacial score (nSPS) is 21.4. The number of aromatic nitrogens is 2. The van der Waals surface area contributed by atoms with Crippen LogP contribution in [0.2, 0.25) is 5.02 Å². The molecule has 3 N–H and O–H groups in total. The third kappa shape index (κ3) is 7.01. The minimum absolute atomic E-state index is 0.235. The number of halogens is 2. The van der Waals surface area contributed by atoms with Crippen LogP contribution in [0.1, 0.15) is 38.5 Å². The first-order chi connectivity index (χ1) is 16.6. The molecule has 0 amide bonds. The third-order valence-corrected chi connectivity index (χ3v) is 6.99. The van der Waals surface area contributed by atoms with Gasteiger partial charge in [-0.05, 0) is 62.6 Å². The van der Waals surface area contributed by atoms with Crippen LogP contribution in [0.25, 0.3) is 11.3 Å². The number of anilines is 2. The lowest BCUT2D eigenvalue weighted by Crippen LogP contribution is -2.38. The fourth-order valence-electron chi connectivity index (χ4n) is 4.64. The van der Waals surface area contributed by atoms with Crippen LogP contribution in [0.5, 0.6) is 0 Å². The number of rotatable bonds is 10. The zero-order valence-electron chi connectivity index (χ0n) is 19.8. The van der Waals surface area contributed by atoms with Crippen LogP contribution in [0, 0.1) is 11.7 Å². The van der Waals surface area contributed by atoms with Crippen molar-refractivity contribution in [3.8, 4) is 11.3 Å². The topological polar surface area (TPSA) is 80.3 Å². The molecule has 2 aliphatic rings. The fraction of sp³-hybridized carbons (Fsp3) is 0.600. The number of hydrogen-bond acceptors (Lipinski definition) is 7. The quantitative estimate of drug-likeness (QED) is 0.414. The molecule has 1 saturated carbocycles. The molecular weight excluding hydrogens is 457 g/mol. The molecule has 1 aliphatic carbocycles. The summed E-state index contributed by atoms with van der Waals surface area (Å²) in [5.74, 6) is 1.47. The van der Waals surface area contributed by atoms with Crippen molar-refractivity contribution in [2.24, 2.45) is 5.92 Å². The Kier molecular flexibility index (Phi) is 9.33. The highest BCUT2D eigenvalue weighted by Gasteiger charge is 2.22. The van der Waals surface area contributed by atoms with Crippen LogP contribution in [-0.2, 0) is 9.47 Å². The molecule has 2 fully saturated rings. The Labute approximate surface area is 206 Å². The summed E-state index contributed by atoms with van der Waals surface area (Å²) in [6, 6.07) is 5.77. The van der Waals surface area contributed by atoms with Gasteiger partial charge in [0.25, 0.3) is 0 Å². The first-order valence-corrected chi connectivity index (χ1v) is 12.6. The predicted molar refractivity (Wildman–Crippen MR) is 134 cm³/mol. The smallest absolute Gasteiger partial charge is 0.149 e. The molecule has 1 saturated heterocycles. The Hall–Kier alpha value is -2.00. The molecule has 1 aliphatic heterocycles. The van der Waals surface area contributed by atoms with E-state index in [9.17, 15) is 4.39 Å². The second-order valence-corrected chi connectivity index (χ2v) is 9.56. The van der Waals surface area contributed by atoms with Gasteiger partial charge in [-0.1, -0.05) is 11.6 Å². The SMILES string of the molecule is COCCNC1CCC(Nc2cc(-c3nc(NCC4CCOCC4)ccc3F)c(Cl)cn2)CC1. The van der Waals surface area contributed by atoms with E-state index in [0.29, 0.717) is 40.2 Å². The number of nitrogens with one attached hydrogen (secondary N) is 3. The van der Waals surface area contributed by atoms with Gasteiger partial charge in [-0.3, -0.25) is 0 Å². The molecule has 7 nitrogen and oxygen atoms in total. The molecule has 0 spiro atoms. The predicted octanol–water partition coefficient (Wildman–Crippen LogP) is 4.73. The van der Waals surface area contributed by atoms with E-state index in [4.69, 9.17) is 21.1 Å². The summed E-state index contributed by atoms with van der Waals surface area (Å²) in [5.41, 5.74) is 0.778. The van der Waals surface area contributed by atoms with E-state index in [2.05, 4.69) is 25.9 Å². The molecule has 0 atom stereocenters. The van der Waals surface area contributed by atoms with Crippen LogP contribution >= 0.6 is 11.6 Å². The van der Waals surface area contributed by atoms with Gasteiger partial charge < -0.3 is 25.4 Å². The molecular formula is C25H35ClFN5O2. The lowest BCUT2D eigenvalue weighted by molar-refractivity contribution is 0.0699. The summed E-state index contributed by atoms with van der Waals surface area (Å²) >= 11 is 6.43. The largest absolute Gasteiger partial charge is 0.383 e. The molecule has 4 rings (SSSR count). The molecule has 2 aromatic rings. The average molecular weight is 492 g/mol. The first-order valence-electron chi connectivity index (χ1n) is 12.3. The van der Waals surface area contributed by atoms with E-state index >= 15 is 0 Å². The Morgan fingerprint density at radius 2 is 1.85 bits per heavy atom. The second kappa shape index (κ2) is 12.6. The summed E-state index contributed by atoms with van der Waals surface area (Å²) < 4.78 is 25.3. The molecule has 0 aromatic carbocycles. The second-order valence-electron chi connectivity index (χ2n) is 9.15. The highest BCUT2D eigenvalue weighted by molar-refractivity contribution is 6.33. The summed E-state index contributed by atoms with van der Waals surface area (Å²) in [6.45, 7) is 3.99. The lowest BCUT2D eigenvalue weighted by Gasteiger charge is -2.30. The number of methoxy groups -OCH3 is 1. The standard InChI is InChI=1S/C25H35ClFN5O2/c1-33-13-10-28-18-2-4-19(5-3-18)31-24-14-20(21(26)16-30-24)25-22(27)6-7-23(32-25)29-15-17-8-11-34-12-9-17/h6-7,14,16-19,28H,2-5,8-13,15H2,1H3,(H,29,32)(H,30,31). The fourth-order valence-corrected chi connectivity index (χ4v) is 4.84. The van der Waals surface area contributed by atoms with Crippen molar-refractivity contribution in [1.82, 2.24) is 15.3 Å². The molecule has 34 heavy (non-hydrogen) atoms. The van der Waals surface area contributed by atoms with Gasteiger partial charge in [0, 0.05) is 57.3 Å². The molecule has 0 bridgehead atoms. The van der Waals surface area contributed by atoms with Crippen LogP contribution in [-0.4, -0.2) is 62.1 Å². The summed E-state index contributed by atoms with van der Waals surface area (Å²) in [7, 11) is 1.72. The average Bonchev–Trinajstić information content (AvgIpc) is 2.87. The van der Waals surface area contributed by atoms with Crippen LogP contribution < -0.4 is 16.0 Å². The monoisotopic (exact) mass is 491 g/mol. The maximum atomic E-state index is 14.8. The number of ether oxygens (including phenoxy) is 2. The van der Waals surface area contributed by atoms with E-state index in [1.54, 1.807) is 25.4 Å². The van der Waals surface area contributed by atoms with Crippen molar-refractivity contribution in [2.45, 2.75) is 50.6 Å². The highest BCUT2D eigenvalue weighted by Crippen LogP contribution is 2.32. The van der Waals surface area contributed by atoms with Crippen molar-refractivity contribution >= 4 is 23.2 Å². The van der Waals surface area contributed by atoms with Gasteiger partial charge in [0.15, 0.2) is 0 Å². The maximum absolute atomic E-state index is 14.8. The van der Waals surface area contributed by atoms with Crippen LogP contribution in [0.3, 0.4) is 0 Å². The zero-order chi connectivity index (χ0) is 23.8. The number of pyridine rings is 2. The minimum atomic E-state index is -0.404. The van der Waals surface area contributed by atoms with Gasteiger partial charge in [0.05, 0.1) is 11.6 Å². The molecule has 2 aromatic heterocycles. The maximum Gasteiger partial charge on any atom is 0.149 e. The third-order valence-electron chi connectivity index (χ3n) is 6.69. The summed E-state index contributed by atoms with van der Waals surface area (Å²) in [4.78, 5) is 8.98. The highest BCUT2D eigenvalue weighted by atomic mass is 35.5. The Morgan fingerprint density at radius 1 is 1.09 bits per heavy atom. The number of hydrogen-bond donors (Lipinski definition) is 3. The van der Waals surface area contributed by atoms with Crippen LogP contribution in [0.4, 0.5) is 16.0 Å².